The van der Waals surface area contributed by atoms with Crippen molar-refractivity contribution in [2.45, 2.75) is 39.3 Å². The van der Waals surface area contributed by atoms with Gasteiger partial charge in [-0.05, 0) is 43.0 Å². The van der Waals surface area contributed by atoms with Crippen LogP contribution in [0.4, 0.5) is 10.1 Å². The van der Waals surface area contributed by atoms with Crippen molar-refractivity contribution in [3.63, 3.8) is 0 Å². The Morgan fingerprint density at radius 1 is 1.07 bits per heavy atom. The maximum absolute atomic E-state index is 13.6. The van der Waals surface area contributed by atoms with Crippen molar-refractivity contribution in [1.29, 1.82) is 0 Å². The minimum Gasteiger partial charge on any atom is -0.347 e. The number of benzene rings is 2. The van der Waals surface area contributed by atoms with Gasteiger partial charge in [-0.25, -0.2) is 12.8 Å². The number of hydrogen-bond donors (Lipinski definition) is 1. The number of nitrogens with one attached hydrogen (secondary N) is 1. The molecule has 0 saturated carbocycles. The Morgan fingerprint density at radius 3 is 2.25 bits per heavy atom. The summed E-state index contributed by atoms with van der Waals surface area (Å²) in [4.78, 5) is 12.9. The molecule has 28 heavy (non-hydrogen) atoms. The van der Waals surface area contributed by atoms with E-state index >= 15 is 0 Å². The topological polar surface area (TPSA) is 66.5 Å². The van der Waals surface area contributed by atoms with Crippen molar-refractivity contribution in [2.75, 3.05) is 10.6 Å². The van der Waals surface area contributed by atoms with E-state index in [2.05, 4.69) is 19.2 Å². The number of nitrogens with zero attached hydrogens (tertiary/aromatic N) is 1. The van der Waals surface area contributed by atoms with E-state index < -0.39 is 27.8 Å². The lowest BCUT2D eigenvalue weighted by molar-refractivity contribution is -0.122. The summed E-state index contributed by atoms with van der Waals surface area (Å²) in [6.07, 6.45) is 1.71. The summed E-state index contributed by atoms with van der Waals surface area (Å²) in [5.74, 6) is -0.681. The molecule has 152 valence electrons. The molecule has 0 spiro atoms. The monoisotopic (exact) mass is 406 g/mol. The molecule has 2 aromatic rings. The van der Waals surface area contributed by atoms with Gasteiger partial charge in [0.25, 0.3) is 0 Å². The molecule has 0 fully saturated rings. The molecule has 2 atom stereocenters. The molecule has 0 aliphatic rings. The Bertz CT molecular complexity index is 901. The van der Waals surface area contributed by atoms with Crippen LogP contribution in [0.5, 0.6) is 0 Å². The number of rotatable bonds is 8. The second kappa shape index (κ2) is 9.19. The molecular formula is C21H27FN2O3S. The van der Waals surface area contributed by atoms with E-state index in [0.29, 0.717) is 12.3 Å². The van der Waals surface area contributed by atoms with Gasteiger partial charge in [-0.15, -0.1) is 0 Å². The summed E-state index contributed by atoms with van der Waals surface area (Å²) >= 11 is 0. The molecule has 0 heterocycles. The zero-order valence-electron chi connectivity index (χ0n) is 16.6. The summed E-state index contributed by atoms with van der Waals surface area (Å²) in [5.41, 5.74) is 1.07. The molecule has 0 bridgehead atoms. The normalized spacial score (nSPS) is 13.8. The van der Waals surface area contributed by atoms with Crippen LogP contribution >= 0.6 is 0 Å². The number of carbonyl (C=O) groups excluding carboxylic acids is 1. The van der Waals surface area contributed by atoms with Crippen LogP contribution in [0.25, 0.3) is 0 Å². The molecule has 2 aromatic carbocycles. The lowest BCUT2D eigenvalue weighted by Gasteiger charge is -2.30. The number of halogens is 1. The Balaban J connectivity index is 2.30. The predicted molar refractivity (Wildman–Crippen MR) is 110 cm³/mol. The highest BCUT2D eigenvalue weighted by atomic mass is 32.2. The van der Waals surface area contributed by atoms with Gasteiger partial charge in [-0.2, -0.15) is 0 Å². The van der Waals surface area contributed by atoms with Crippen LogP contribution in [0.1, 0.15) is 38.8 Å². The first-order valence-electron chi connectivity index (χ1n) is 9.20. The first kappa shape index (κ1) is 21.9. The maximum Gasteiger partial charge on any atom is 0.244 e. The molecule has 5 nitrogen and oxygen atoms in total. The minimum atomic E-state index is -3.80. The van der Waals surface area contributed by atoms with Gasteiger partial charge in [0.2, 0.25) is 15.9 Å². The van der Waals surface area contributed by atoms with Gasteiger partial charge in [-0.1, -0.05) is 50.2 Å². The van der Waals surface area contributed by atoms with E-state index in [0.717, 1.165) is 22.2 Å². The molecule has 0 aromatic heterocycles. The van der Waals surface area contributed by atoms with E-state index in [1.807, 2.05) is 30.3 Å². The molecule has 1 N–H and O–H groups in total. The molecule has 0 aliphatic carbocycles. The summed E-state index contributed by atoms with van der Waals surface area (Å²) in [7, 11) is -3.80. The van der Waals surface area contributed by atoms with Crippen molar-refractivity contribution in [3.05, 3.63) is 66.0 Å². The smallest absolute Gasteiger partial charge is 0.244 e. The van der Waals surface area contributed by atoms with Crippen LogP contribution < -0.4 is 9.62 Å². The van der Waals surface area contributed by atoms with Crippen LogP contribution in [0.15, 0.2) is 54.6 Å². The van der Waals surface area contributed by atoms with Crippen LogP contribution in [-0.2, 0) is 14.8 Å². The van der Waals surface area contributed by atoms with Gasteiger partial charge >= 0.3 is 0 Å². The first-order chi connectivity index (χ1) is 13.1. The summed E-state index contributed by atoms with van der Waals surface area (Å²) in [6.45, 7) is 5.61. The maximum atomic E-state index is 13.6. The molecule has 0 aliphatic heterocycles. The highest BCUT2D eigenvalue weighted by Gasteiger charge is 2.30. The van der Waals surface area contributed by atoms with Crippen molar-refractivity contribution in [3.8, 4) is 0 Å². The SMILES string of the molecule is CC(C)C[C@@H](NC(=O)[C@@H](C)N(c1cccc(F)c1)S(C)(=O)=O)c1ccccc1. The fourth-order valence-corrected chi connectivity index (χ4v) is 4.32. The van der Waals surface area contributed by atoms with E-state index in [1.54, 1.807) is 0 Å². The lowest BCUT2D eigenvalue weighted by atomic mass is 9.96. The highest BCUT2D eigenvalue weighted by molar-refractivity contribution is 7.92. The van der Waals surface area contributed by atoms with E-state index in [4.69, 9.17) is 0 Å². The zero-order valence-corrected chi connectivity index (χ0v) is 17.4. The van der Waals surface area contributed by atoms with Crippen molar-refractivity contribution >= 4 is 21.6 Å². The summed E-state index contributed by atoms with van der Waals surface area (Å²) in [6, 6.07) is 13.5. The van der Waals surface area contributed by atoms with Gasteiger partial charge in [0.05, 0.1) is 18.0 Å². The summed E-state index contributed by atoms with van der Waals surface area (Å²) in [5, 5.41) is 2.96. The Morgan fingerprint density at radius 2 is 1.71 bits per heavy atom. The van der Waals surface area contributed by atoms with Crippen molar-refractivity contribution in [1.82, 2.24) is 5.32 Å². The van der Waals surface area contributed by atoms with Crippen LogP contribution in [0.3, 0.4) is 0 Å². The van der Waals surface area contributed by atoms with E-state index in [-0.39, 0.29) is 11.7 Å². The van der Waals surface area contributed by atoms with Gasteiger partial charge in [0, 0.05) is 0 Å². The second-order valence-corrected chi connectivity index (χ2v) is 9.18. The Kier molecular flexibility index (Phi) is 7.18. The minimum absolute atomic E-state index is 0.116. The average molecular weight is 407 g/mol. The largest absolute Gasteiger partial charge is 0.347 e. The zero-order chi connectivity index (χ0) is 20.9. The molecule has 0 radical (unpaired) electrons. The fraction of sp³-hybridized carbons (Fsp3) is 0.381. The lowest BCUT2D eigenvalue weighted by Crippen LogP contribution is -2.48. The standard InChI is InChI=1S/C21H27FN2O3S/c1-15(2)13-20(17-9-6-5-7-10-17)23-21(25)16(3)24(28(4,26)27)19-12-8-11-18(22)14-19/h5-12,14-16,20H,13H2,1-4H3,(H,23,25)/t16-,20-/m1/s1. The van der Waals surface area contributed by atoms with E-state index in [9.17, 15) is 17.6 Å². The first-order valence-corrected chi connectivity index (χ1v) is 11.0. The van der Waals surface area contributed by atoms with Crippen LogP contribution in [0.2, 0.25) is 0 Å². The number of anilines is 1. The number of amides is 1. The van der Waals surface area contributed by atoms with E-state index in [1.165, 1.54) is 25.1 Å². The number of sulfonamides is 1. The highest BCUT2D eigenvalue weighted by Crippen LogP contribution is 2.24. The van der Waals surface area contributed by atoms with Gasteiger partial charge in [0.1, 0.15) is 11.9 Å². The number of hydrogen-bond acceptors (Lipinski definition) is 3. The third-order valence-electron chi connectivity index (χ3n) is 4.38. The second-order valence-electron chi connectivity index (χ2n) is 7.32. The number of carbonyl (C=O) groups is 1. The predicted octanol–water partition coefficient (Wildman–Crippen LogP) is 3.88. The third-order valence-corrected chi connectivity index (χ3v) is 5.62. The molecular weight excluding hydrogens is 379 g/mol. The van der Waals surface area contributed by atoms with Crippen LogP contribution in [-0.4, -0.2) is 26.6 Å². The molecule has 0 saturated heterocycles. The van der Waals surface area contributed by atoms with Gasteiger partial charge < -0.3 is 5.32 Å². The Hall–Kier alpha value is -2.41. The molecule has 1 amide bonds. The third kappa shape index (κ3) is 5.79. The molecule has 7 heteroatoms. The van der Waals surface area contributed by atoms with Gasteiger partial charge in [-0.3, -0.25) is 9.10 Å². The Labute approximate surface area is 166 Å². The average Bonchev–Trinajstić information content (AvgIpc) is 2.60. The van der Waals surface area contributed by atoms with Crippen LogP contribution in [0, 0.1) is 11.7 Å². The quantitative estimate of drug-likeness (QED) is 0.723. The van der Waals surface area contributed by atoms with Gasteiger partial charge in [0.15, 0.2) is 0 Å². The summed E-state index contributed by atoms with van der Waals surface area (Å²) < 4.78 is 39.3. The molecule has 0 unspecified atom stereocenters. The van der Waals surface area contributed by atoms with Crippen molar-refractivity contribution < 1.29 is 17.6 Å². The van der Waals surface area contributed by atoms with Crippen molar-refractivity contribution in [2.24, 2.45) is 5.92 Å². The fourth-order valence-electron chi connectivity index (χ4n) is 3.15. The molecule has 2 rings (SSSR count).